The van der Waals surface area contributed by atoms with Crippen molar-refractivity contribution in [2.75, 3.05) is 32.1 Å². The van der Waals surface area contributed by atoms with Crippen molar-refractivity contribution in [3.8, 4) is 0 Å². The summed E-state index contributed by atoms with van der Waals surface area (Å²) in [5.74, 6) is -2.39. The van der Waals surface area contributed by atoms with Gasteiger partial charge in [0.25, 0.3) is 0 Å². The largest absolute Gasteiger partial charge is 0.383 e. The van der Waals surface area contributed by atoms with Crippen molar-refractivity contribution in [3.05, 3.63) is 63.4 Å². The highest BCUT2D eigenvalue weighted by Crippen LogP contribution is 2.55. The molecular formula is C23H22Cl2FN3O3. The number of hydrogen-bond acceptors (Lipinski definition) is 4. The van der Waals surface area contributed by atoms with Gasteiger partial charge in [-0.05, 0) is 29.3 Å². The first kappa shape index (κ1) is 21.6. The minimum atomic E-state index is -1.18. The summed E-state index contributed by atoms with van der Waals surface area (Å²) in [6.07, 6.45) is 0.311. The van der Waals surface area contributed by atoms with E-state index in [0.717, 1.165) is 5.56 Å². The molecule has 0 bridgehead atoms. The van der Waals surface area contributed by atoms with Crippen molar-refractivity contribution in [1.29, 1.82) is 0 Å². The zero-order chi connectivity index (χ0) is 22.6. The second kappa shape index (κ2) is 7.99. The number of nitrogens with one attached hydrogen (secondary N) is 2. The number of anilines is 1. The molecule has 9 heteroatoms. The van der Waals surface area contributed by atoms with Gasteiger partial charge in [0.15, 0.2) is 0 Å². The van der Waals surface area contributed by atoms with Crippen LogP contribution in [0, 0.1) is 11.7 Å². The molecule has 3 aliphatic rings. The Balaban J connectivity index is 1.73. The Hall–Kier alpha value is -2.19. The fourth-order valence-electron chi connectivity index (χ4n) is 5.74. The van der Waals surface area contributed by atoms with E-state index in [-0.39, 0.29) is 28.4 Å². The van der Waals surface area contributed by atoms with Gasteiger partial charge in [0.1, 0.15) is 11.4 Å². The first-order valence-corrected chi connectivity index (χ1v) is 11.2. The summed E-state index contributed by atoms with van der Waals surface area (Å²) in [6, 6.07) is 9.81. The minimum Gasteiger partial charge on any atom is -0.383 e. The standard InChI is InChI=1S/C23H22Cl2FN3O3/c1-32-8-7-29-17-11-27-21(30)18(17)19(14-3-2-4-15(25)20(14)26)23(29)10-12-5-6-13(24)9-16(12)28-22(23)31/h2-6,9,17-19H,7-8,10-11H2,1H3,(H,27,30)(H,28,31)/t17-,18+,19-,23+/m0/s1. The Bertz CT molecular complexity index is 1110. The normalized spacial score (nSPS) is 29.1. The number of ether oxygens (including phenoxy) is 1. The molecule has 6 nitrogen and oxygen atoms in total. The molecule has 3 aliphatic heterocycles. The maximum atomic E-state index is 15.4. The molecule has 0 unspecified atom stereocenters. The number of amides is 2. The number of carbonyl (C=O) groups is 2. The summed E-state index contributed by atoms with van der Waals surface area (Å²) >= 11 is 12.3. The van der Waals surface area contributed by atoms with E-state index in [1.165, 1.54) is 6.07 Å². The molecule has 4 atom stereocenters. The second-order valence-corrected chi connectivity index (χ2v) is 9.35. The molecule has 3 heterocycles. The average molecular weight is 478 g/mol. The van der Waals surface area contributed by atoms with Gasteiger partial charge >= 0.3 is 0 Å². The van der Waals surface area contributed by atoms with Gasteiger partial charge < -0.3 is 15.4 Å². The van der Waals surface area contributed by atoms with Crippen LogP contribution in [0.2, 0.25) is 10.0 Å². The molecule has 0 aliphatic carbocycles. The lowest BCUT2D eigenvalue weighted by atomic mass is 9.69. The van der Waals surface area contributed by atoms with Gasteiger partial charge in [0.05, 0.1) is 17.5 Å². The molecule has 2 fully saturated rings. The zero-order valence-corrected chi connectivity index (χ0v) is 18.8. The SMILES string of the molecule is COCCN1[C@H]2CNC(=O)[C@H]2[C@H](c2cccc(Cl)c2F)[C@@]12Cc1ccc(Cl)cc1NC2=O. The maximum absolute atomic E-state index is 15.4. The van der Waals surface area contributed by atoms with Crippen LogP contribution in [0.1, 0.15) is 17.0 Å². The predicted octanol–water partition coefficient (Wildman–Crippen LogP) is 3.23. The van der Waals surface area contributed by atoms with Crippen LogP contribution in [0.3, 0.4) is 0 Å². The third-order valence-corrected chi connectivity index (χ3v) is 7.54. The topological polar surface area (TPSA) is 70.7 Å². The Morgan fingerprint density at radius 1 is 1.25 bits per heavy atom. The lowest BCUT2D eigenvalue weighted by Crippen LogP contribution is -2.62. The summed E-state index contributed by atoms with van der Waals surface area (Å²) < 4.78 is 20.7. The van der Waals surface area contributed by atoms with E-state index < -0.39 is 23.2 Å². The van der Waals surface area contributed by atoms with E-state index >= 15 is 4.39 Å². The second-order valence-electron chi connectivity index (χ2n) is 8.50. The zero-order valence-electron chi connectivity index (χ0n) is 17.3. The van der Waals surface area contributed by atoms with Crippen LogP contribution in [0.15, 0.2) is 36.4 Å². The van der Waals surface area contributed by atoms with E-state index in [9.17, 15) is 9.59 Å². The monoisotopic (exact) mass is 477 g/mol. The van der Waals surface area contributed by atoms with Gasteiger partial charge in [-0.3, -0.25) is 14.5 Å². The Kier molecular flexibility index (Phi) is 5.40. The molecular weight excluding hydrogens is 456 g/mol. The summed E-state index contributed by atoms with van der Waals surface area (Å²) in [4.78, 5) is 28.9. The van der Waals surface area contributed by atoms with Crippen LogP contribution in [-0.4, -0.2) is 55.1 Å². The molecule has 2 saturated heterocycles. The van der Waals surface area contributed by atoms with Crippen LogP contribution in [0.5, 0.6) is 0 Å². The van der Waals surface area contributed by atoms with Crippen LogP contribution in [0.4, 0.5) is 10.1 Å². The highest BCUT2D eigenvalue weighted by molar-refractivity contribution is 6.31. The van der Waals surface area contributed by atoms with E-state index in [4.69, 9.17) is 27.9 Å². The number of benzene rings is 2. The molecule has 2 aromatic rings. The van der Waals surface area contributed by atoms with Gasteiger partial charge in [0.2, 0.25) is 11.8 Å². The van der Waals surface area contributed by atoms with Gasteiger partial charge in [-0.25, -0.2) is 4.39 Å². The number of carbonyl (C=O) groups excluding carboxylic acids is 2. The van der Waals surface area contributed by atoms with E-state index in [0.29, 0.717) is 36.8 Å². The summed E-state index contributed by atoms with van der Waals surface area (Å²) in [5.41, 5.74) is 0.603. The van der Waals surface area contributed by atoms with E-state index in [1.54, 1.807) is 31.4 Å². The number of fused-ring (bicyclic) bond motifs is 2. The van der Waals surface area contributed by atoms with Gasteiger partial charge in [-0.2, -0.15) is 0 Å². The first-order chi connectivity index (χ1) is 15.4. The van der Waals surface area contributed by atoms with Gasteiger partial charge in [0, 0.05) is 49.3 Å². The van der Waals surface area contributed by atoms with E-state index in [2.05, 4.69) is 10.6 Å². The van der Waals surface area contributed by atoms with Crippen molar-refractivity contribution >= 4 is 40.7 Å². The van der Waals surface area contributed by atoms with Crippen LogP contribution < -0.4 is 10.6 Å². The van der Waals surface area contributed by atoms with Crippen molar-refractivity contribution in [3.63, 3.8) is 0 Å². The highest BCUT2D eigenvalue weighted by Gasteiger charge is 2.67. The van der Waals surface area contributed by atoms with Crippen molar-refractivity contribution in [2.24, 2.45) is 5.92 Å². The quantitative estimate of drug-likeness (QED) is 0.708. The molecule has 0 aromatic heterocycles. The van der Waals surface area contributed by atoms with Gasteiger partial charge in [-0.1, -0.05) is 41.4 Å². The third-order valence-electron chi connectivity index (χ3n) is 7.02. The molecule has 32 heavy (non-hydrogen) atoms. The smallest absolute Gasteiger partial charge is 0.245 e. The van der Waals surface area contributed by atoms with Crippen molar-refractivity contribution in [1.82, 2.24) is 10.2 Å². The third kappa shape index (κ3) is 3.06. The fourth-order valence-corrected chi connectivity index (χ4v) is 6.10. The van der Waals surface area contributed by atoms with E-state index in [1.807, 2.05) is 11.0 Å². The summed E-state index contributed by atoms with van der Waals surface area (Å²) in [6.45, 7) is 1.17. The number of halogens is 3. The van der Waals surface area contributed by atoms with Crippen molar-refractivity contribution < 1.29 is 18.7 Å². The van der Waals surface area contributed by atoms with Gasteiger partial charge in [-0.15, -0.1) is 0 Å². The number of likely N-dealkylation sites (tertiary alicyclic amines) is 1. The molecule has 168 valence electrons. The Morgan fingerprint density at radius 3 is 2.84 bits per heavy atom. The van der Waals surface area contributed by atoms with Crippen LogP contribution in [-0.2, 0) is 20.7 Å². The molecule has 2 aromatic carbocycles. The fraction of sp³-hybridized carbons (Fsp3) is 0.391. The average Bonchev–Trinajstić information content (AvgIpc) is 3.25. The maximum Gasteiger partial charge on any atom is 0.245 e. The molecule has 5 rings (SSSR count). The van der Waals surface area contributed by atoms with Crippen LogP contribution >= 0.6 is 23.2 Å². The number of hydrogen-bond donors (Lipinski definition) is 2. The number of methoxy groups -OCH3 is 1. The highest BCUT2D eigenvalue weighted by atomic mass is 35.5. The molecule has 0 radical (unpaired) electrons. The lowest BCUT2D eigenvalue weighted by Gasteiger charge is -2.45. The Labute approximate surface area is 195 Å². The molecule has 0 saturated carbocycles. The predicted molar refractivity (Wildman–Crippen MR) is 120 cm³/mol. The Morgan fingerprint density at radius 2 is 2.06 bits per heavy atom. The number of nitrogens with zero attached hydrogens (tertiary/aromatic N) is 1. The van der Waals surface area contributed by atoms with Crippen LogP contribution in [0.25, 0.3) is 0 Å². The minimum absolute atomic E-state index is 0.0358. The first-order valence-electron chi connectivity index (χ1n) is 10.5. The lowest BCUT2D eigenvalue weighted by molar-refractivity contribution is -0.129. The van der Waals surface area contributed by atoms with Crippen molar-refractivity contribution in [2.45, 2.75) is 23.9 Å². The summed E-state index contributed by atoms with van der Waals surface area (Å²) in [7, 11) is 1.59. The number of rotatable bonds is 4. The molecule has 2 N–H and O–H groups in total. The summed E-state index contributed by atoms with van der Waals surface area (Å²) in [5, 5.41) is 6.36. The molecule has 1 spiro atoms. The molecule has 2 amide bonds.